The van der Waals surface area contributed by atoms with Gasteiger partial charge in [0.15, 0.2) is 0 Å². The van der Waals surface area contributed by atoms with Crippen molar-refractivity contribution in [3.63, 3.8) is 0 Å². The molecule has 5 heteroatoms. The van der Waals surface area contributed by atoms with E-state index in [0.717, 1.165) is 31.6 Å². The van der Waals surface area contributed by atoms with Crippen LogP contribution in [0.4, 0.5) is 15.8 Å². The quantitative estimate of drug-likeness (QED) is 0.595. The number of fused-ring (bicyclic) bond motifs is 1. The molecule has 1 aromatic rings. The minimum absolute atomic E-state index is 0.199. The predicted molar refractivity (Wildman–Crippen MR) is 78.0 cm³/mol. The first-order valence-electron chi connectivity index (χ1n) is 6.24. The Morgan fingerprint density at radius 3 is 2.83 bits per heavy atom. The smallest absolute Gasteiger partial charge is 0.138 e. The van der Waals surface area contributed by atoms with Gasteiger partial charge in [-0.1, -0.05) is 0 Å². The molecule has 3 atom stereocenters. The number of aliphatic hydroxyl groups excluding tert-OH is 1. The van der Waals surface area contributed by atoms with Crippen LogP contribution >= 0.6 is 22.6 Å². The predicted octanol–water partition coefficient (Wildman–Crippen LogP) is 2.22. The lowest BCUT2D eigenvalue weighted by Gasteiger charge is -2.22. The summed E-state index contributed by atoms with van der Waals surface area (Å²) in [6.45, 7) is 1.67. The number of hydrogen-bond acceptors (Lipinski definition) is 3. The van der Waals surface area contributed by atoms with Gasteiger partial charge >= 0.3 is 0 Å². The summed E-state index contributed by atoms with van der Waals surface area (Å²) in [5.74, 6) is 0.630. The van der Waals surface area contributed by atoms with Crippen molar-refractivity contribution in [3.8, 4) is 0 Å². The zero-order chi connectivity index (χ0) is 12.9. The van der Waals surface area contributed by atoms with Gasteiger partial charge in [-0.15, -0.1) is 0 Å². The van der Waals surface area contributed by atoms with Crippen LogP contribution in [0.25, 0.3) is 0 Å². The lowest BCUT2D eigenvalue weighted by molar-refractivity contribution is 0.133. The summed E-state index contributed by atoms with van der Waals surface area (Å²) in [4.78, 5) is 2.12. The molecule has 0 aromatic heterocycles. The Hall–Kier alpha value is -0.560. The van der Waals surface area contributed by atoms with Gasteiger partial charge in [-0.3, -0.25) is 0 Å². The molecule has 0 amide bonds. The number of nitrogen functional groups attached to an aromatic ring is 1. The molecule has 3 rings (SSSR count). The Morgan fingerprint density at radius 1 is 1.33 bits per heavy atom. The monoisotopic (exact) mass is 362 g/mol. The molecule has 18 heavy (non-hydrogen) atoms. The summed E-state index contributed by atoms with van der Waals surface area (Å²) >= 11 is 1.95. The van der Waals surface area contributed by atoms with Gasteiger partial charge < -0.3 is 15.7 Å². The van der Waals surface area contributed by atoms with E-state index < -0.39 is 0 Å². The van der Waals surface area contributed by atoms with Crippen molar-refractivity contribution in [2.24, 2.45) is 11.8 Å². The molecule has 0 radical (unpaired) electrons. The van der Waals surface area contributed by atoms with E-state index in [1.165, 1.54) is 6.07 Å². The van der Waals surface area contributed by atoms with Crippen LogP contribution < -0.4 is 10.6 Å². The summed E-state index contributed by atoms with van der Waals surface area (Å²) in [5.41, 5.74) is 7.37. The van der Waals surface area contributed by atoms with Crippen molar-refractivity contribution in [2.45, 2.75) is 18.9 Å². The summed E-state index contributed by atoms with van der Waals surface area (Å²) in [7, 11) is 0. The van der Waals surface area contributed by atoms with Crippen molar-refractivity contribution < 1.29 is 9.50 Å². The van der Waals surface area contributed by atoms with Crippen LogP contribution in [0.2, 0.25) is 0 Å². The maximum Gasteiger partial charge on any atom is 0.138 e. The Balaban J connectivity index is 1.87. The van der Waals surface area contributed by atoms with Crippen LogP contribution in [0.5, 0.6) is 0 Å². The fourth-order valence-corrected chi connectivity index (χ4v) is 3.75. The minimum atomic E-state index is -0.225. The second kappa shape index (κ2) is 4.52. The zero-order valence-corrected chi connectivity index (χ0v) is 12.1. The highest BCUT2D eigenvalue weighted by atomic mass is 127. The summed E-state index contributed by atoms with van der Waals surface area (Å²) in [5, 5.41) is 9.90. The van der Waals surface area contributed by atoms with Crippen molar-refractivity contribution >= 4 is 34.0 Å². The van der Waals surface area contributed by atoms with Gasteiger partial charge in [0.1, 0.15) is 5.82 Å². The van der Waals surface area contributed by atoms with Crippen LogP contribution in [0, 0.1) is 21.2 Å². The number of benzene rings is 1. The van der Waals surface area contributed by atoms with Gasteiger partial charge in [-0.2, -0.15) is 0 Å². The normalized spacial score (nSPS) is 30.8. The van der Waals surface area contributed by atoms with Gasteiger partial charge in [-0.25, -0.2) is 4.39 Å². The molecule has 1 aromatic carbocycles. The molecule has 1 aliphatic heterocycles. The second-order valence-corrected chi connectivity index (χ2v) is 6.46. The highest BCUT2D eigenvalue weighted by Crippen LogP contribution is 2.41. The Bertz CT molecular complexity index is 482. The molecule has 1 saturated heterocycles. The number of aliphatic hydroxyl groups is 1. The van der Waals surface area contributed by atoms with Crippen molar-refractivity contribution in [1.29, 1.82) is 0 Å². The molecule has 3 nitrogen and oxygen atoms in total. The number of nitrogens with zero attached hydrogens (tertiary/aromatic N) is 1. The number of halogens is 2. The van der Waals surface area contributed by atoms with Crippen LogP contribution in [0.3, 0.4) is 0 Å². The molecule has 1 aliphatic carbocycles. The Morgan fingerprint density at radius 2 is 2.11 bits per heavy atom. The lowest BCUT2D eigenvalue weighted by atomic mass is 10.00. The first-order valence-corrected chi connectivity index (χ1v) is 7.31. The third-order valence-corrected chi connectivity index (χ3v) is 5.06. The molecular formula is C13H16FIN2O. The van der Waals surface area contributed by atoms with Crippen LogP contribution in [0.1, 0.15) is 12.8 Å². The number of anilines is 2. The summed E-state index contributed by atoms with van der Waals surface area (Å²) in [6.07, 6.45) is 1.77. The number of nitrogens with two attached hydrogens (primary N) is 1. The first-order chi connectivity index (χ1) is 8.56. The van der Waals surface area contributed by atoms with E-state index >= 15 is 0 Å². The topological polar surface area (TPSA) is 49.5 Å². The molecule has 0 spiro atoms. The first kappa shape index (κ1) is 12.5. The minimum Gasteiger partial charge on any atom is -0.397 e. The molecule has 1 heterocycles. The van der Waals surface area contributed by atoms with E-state index in [1.807, 2.05) is 22.6 Å². The maximum atomic E-state index is 13.6. The van der Waals surface area contributed by atoms with E-state index in [0.29, 0.717) is 21.1 Å². The molecule has 3 N–H and O–H groups in total. The molecule has 0 bridgehead atoms. The maximum absolute atomic E-state index is 13.6. The largest absolute Gasteiger partial charge is 0.397 e. The summed E-state index contributed by atoms with van der Waals surface area (Å²) < 4.78 is 14.2. The third-order valence-electron chi connectivity index (χ3n) is 4.23. The second-order valence-electron chi connectivity index (χ2n) is 5.30. The molecule has 3 unspecified atom stereocenters. The molecule has 2 fully saturated rings. The van der Waals surface area contributed by atoms with E-state index in [9.17, 15) is 9.50 Å². The Kier molecular flexibility index (Phi) is 3.13. The SMILES string of the molecule is Nc1cc(I)c(F)cc1N1CC2CCC(O)C2C1. The zero-order valence-electron chi connectivity index (χ0n) is 9.94. The van der Waals surface area contributed by atoms with Crippen molar-refractivity contribution in [3.05, 3.63) is 21.5 Å². The third kappa shape index (κ3) is 1.97. The number of rotatable bonds is 1. The van der Waals surface area contributed by atoms with Gasteiger partial charge in [0.2, 0.25) is 0 Å². The van der Waals surface area contributed by atoms with Crippen molar-refractivity contribution in [1.82, 2.24) is 0 Å². The van der Waals surface area contributed by atoms with E-state index in [2.05, 4.69) is 4.90 Å². The molecule has 1 saturated carbocycles. The van der Waals surface area contributed by atoms with Crippen LogP contribution in [-0.4, -0.2) is 24.3 Å². The number of hydrogen-bond donors (Lipinski definition) is 2. The van der Waals surface area contributed by atoms with Gasteiger partial charge in [-0.05, 0) is 47.4 Å². The van der Waals surface area contributed by atoms with Gasteiger partial charge in [0.25, 0.3) is 0 Å². The fraction of sp³-hybridized carbons (Fsp3) is 0.538. The van der Waals surface area contributed by atoms with E-state index in [4.69, 9.17) is 5.73 Å². The summed E-state index contributed by atoms with van der Waals surface area (Å²) in [6, 6.07) is 3.19. The molecule has 98 valence electrons. The fourth-order valence-electron chi connectivity index (χ4n) is 3.26. The average molecular weight is 362 g/mol. The van der Waals surface area contributed by atoms with Gasteiger partial charge in [0.05, 0.1) is 21.0 Å². The van der Waals surface area contributed by atoms with Crippen LogP contribution in [0.15, 0.2) is 12.1 Å². The lowest BCUT2D eigenvalue weighted by Crippen LogP contribution is -2.25. The highest BCUT2D eigenvalue weighted by Gasteiger charge is 2.42. The average Bonchev–Trinajstić information content (AvgIpc) is 2.87. The Labute approximate surface area is 119 Å². The van der Waals surface area contributed by atoms with E-state index in [1.54, 1.807) is 6.07 Å². The molecular weight excluding hydrogens is 346 g/mol. The van der Waals surface area contributed by atoms with E-state index in [-0.39, 0.29) is 11.9 Å². The van der Waals surface area contributed by atoms with Crippen LogP contribution in [-0.2, 0) is 0 Å². The van der Waals surface area contributed by atoms with Crippen molar-refractivity contribution in [2.75, 3.05) is 23.7 Å². The molecule has 2 aliphatic rings. The highest BCUT2D eigenvalue weighted by molar-refractivity contribution is 14.1. The van der Waals surface area contributed by atoms with Gasteiger partial charge in [0, 0.05) is 25.1 Å². The standard InChI is InChI=1S/C13H16FIN2O/c14-9-3-12(11(16)4-10(9)15)17-5-7-1-2-13(18)8(7)6-17/h3-4,7-8,13,18H,1-2,5-6,16H2.